The van der Waals surface area contributed by atoms with E-state index in [4.69, 9.17) is 16.3 Å². The van der Waals surface area contributed by atoms with Crippen LogP contribution < -0.4 is 15.4 Å². The van der Waals surface area contributed by atoms with Gasteiger partial charge < -0.3 is 15.4 Å². The lowest BCUT2D eigenvalue weighted by Gasteiger charge is -2.31. The first kappa shape index (κ1) is 15.8. The van der Waals surface area contributed by atoms with Crippen molar-refractivity contribution in [2.24, 2.45) is 11.8 Å². The summed E-state index contributed by atoms with van der Waals surface area (Å²) in [7, 11) is 0. The Hall–Kier alpha value is -2.04. The molecule has 0 saturated carbocycles. The molecule has 1 atom stereocenters. The van der Waals surface area contributed by atoms with E-state index in [1.807, 2.05) is 43.3 Å². The fourth-order valence-electron chi connectivity index (χ4n) is 2.41. The lowest BCUT2D eigenvalue weighted by molar-refractivity contribution is -0.121. The summed E-state index contributed by atoms with van der Waals surface area (Å²) in [6.07, 6.45) is 0. The highest BCUT2D eigenvalue weighted by Gasteiger charge is 2.28. The maximum atomic E-state index is 12.2. The third-order valence-electron chi connectivity index (χ3n) is 4.09. The molecule has 5 heteroatoms. The number of hydrogen-bond acceptors (Lipinski definition) is 3. The Morgan fingerprint density at radius 1 is 1.22 bits per heavy atom. The Morgan fingerprint density at radius 3 is 2.57 bits per heavy atom. The molecule has 2 N–H and O–H groups in total. The molecule has 1 aliphatic heterocycles. The van der Waals surface area contributed by atoms with Gasteiger partial charge in [0.25, 0.3) is 0 Å². The predicted octanol–water partition coefficient (Wildman–Crippen LogP) is 3.93. The van der Waals surface area contributed by atoms with Crippen molar-refractivity contribution in [1.82, 2.24) is 5.32 Å². The van der Waals surface area contributed by atoms with Crippen LogP contribution in [0.1, 0.15) is 6.92 Å². The minimum atomic E-state index is 0.0126. The summed E-state index contributed by atoms with van der Waals surface area (Å²) in [5.41, 5.74) is 0.771. The molecule has 1 unspecified atom stereocenters. The fourth-order valence-corrected chi connectivity index (χ4v) is 2.59. The van der Waals surface area contributed by atoms with Crippen LogP contribution in [0.25, 0.3) is 0 Å². The first-order valence-corrected chi connectivity index (χ1v) is 8.05. The molecule has 3 rings (SSSR count). The van der Waals surface area contributed by atoms with Gasteiger partial charge >= 0.3 is 0 Å². The van der Waals surface area contributed by atoms with E-state index < -0.39 is 0 Å². The molecule has 1 saturated heterocycles. The van der Waals surface area contributed by atoms with Crippen molar-refractivity contribution in [2.75, 3.05) is 18.4 Å². The van der Waals surface area contributed by atoms with Crippen LogP contribution in [0.4, 0.5) is 5.69 Å². The topological polar surface area (TPSA) is 50.4 Å². The number of hydrogen-bond donors (Lipinski definition) is 2. The molecular formula is C18H19ClN2O2. The van der Waals surface area contributed by atoms with Gasteiger partial charge in [-0.05, 0) is 61.5 Å². The van der Waals surface area contributed by atoms with Crippen LogP contribution >= 0.6 is 11.6 Å². The van der Waals surface area contributed by atoms with E-state index in [2.05, 4.69) is 10.6 Å². The molecule has 23 heavy (non-hydrogen) atoms. The molecule has 1 heterocycles. The molecule has 0 aromatic heterocycles. The summed E-state index contributed by atoms with van der Waals surface area (Å²) in [6.45, 7) is 3.81. The molecule has 0 spiro atoms. The summed E-state index contributed by atoms with van der Waals surface area (Å²) < 4.78 is 5.73. The standard InChI is InChI=1S/C18H19ClN2O2/c1-12(13-10-20-11-13)18(22)21-15-5-7-16(8-6-15)23-17-4-2-3-14(19)9-17/h2-9,12-13,20H,10-11H2,1H3,(H,21,22). The number of halogens is 1. The van der Waals surface area contributed by atoms with E-state index in [1.165, 1.54) is 0 Å². The first-order chi connectivity index (χ1) is 11.1. The van der Waals surface area contributed by atoms with E-state index in [0.29, 0.717) is 22.4 Å². The second-order valence-electron chi connectivity index (χ2n) is 5.78. The van der Waals surface area contributed by atoms with Gasteiger partial charge in [0, 0.05) is 16.6 Å². The number of carbonyl (C=O) groups is 1. The van der Waals surface area contributed by atoms with Crippen molar-refractivity contribution in [3.63, 3.8) is 0 Å². The Morgan fingerprint density at radius 2 is 1.96 bits per heavy atom. The predicted molar refractivity (Wildman–Crippen MR) is 92.1 cm³/mol. The SMILES string of the molecule is CC(C(=O)Nc1ccc(Oc2cccc(Cl)c2)cc1)C1CNC1. The van der Waals surface area contributed by atoms with Crippen molar-refractivity contribution in [3.8, 4) is 11.5 Å². The summed E-state index contributed by atoms with van der Waals surface area (Å²) >= 11 is 5.93. The highest BCUT2D eigenvalue weighted by Crippen LogP contribution is 2.25. The monoisotopic (exact) mass is 330 g/mol. The van der Waals surface area contributed by atoms with Gasteiger partial charge in [-0.3, -0.25) is 4.79 Å². The van der Waals surface area contributed by atoms with Crippen molar-refractivity contribution in [2.45, 2.75) is 6.92 Å². The van der Waals surface area contributed by atoms with Crippen LogP contribution in [0.2, 0.25) is 5.02 Å². The van der Waals surface area contributed by atoms with Crippen LogP contribution in [0.15, 0.2) is 48.5 Å². The minimum Gasteiger partial charge on any atom is -0.457 e. The fraction of sp³-hybridized carbons (Fsp3) is 0.278. The number of rotatable bonds is 5. The van der Waals surface area contributed by atoms with Gasteiger partial charge in [-0.1, -0.05) is 24.6 Å². The van der Waals surface area contributed by atoms with Gasteiger partial charge in [-0.15, -0.1) is 0 Å². The van der Waals surface area contributed by atoms with Crippen molar-refractivity contribution < 1.29 is 9.53 Å². The maximum absolute atomic E-state index is 12.2. The number of carbonyl (C=O) groups excluding carboxylic acids is 1. The van der Waals surface area contributed by atoms with Crippen molar-refractivity contribution in [3.05, 3.63) is 53.6 Å². The maximum Gasteiger partial charge on any atom is 0.227 e. The van der Waals surface area contributed by atoms with Gasteiger partial charge in [0.05, 0.1) is 0 Å². The molecule has 1 aliphatic rings. The second kappa shape index (κ2) is 7.02. The Bertz CT molecular complexity index is 684. The smallest absolute Gasteiger partial charge is 0.227 e. The van der Waals surface area contributed by atoms with Gasteiger partial charge in [0.1, 0.15) is 11.5 Å². The molecule has 4 nitrogen and oxygen atoms in total. The van der Waals surface area contributed by atoms with E-state index >= 15 is 0 Å². The van der Waals surface area contributed by atoms with Crippen molar-refractivity contribution >= 4 is 23.2 Å². The molecule has 0 aliphatic carbocycles. The summed E-state index contributed by atoms with van der Waals surface area (Å²) in [4.78, 5) is 12.2. The zero-order valence-electron chi connectivity index (χ0n) is 12.9. The Balaban J connectivity index is 1.59. The van der Waals surface area contributed by atoms with Crippen LogP contribution in [0.5, 0.6) is 11.5 Å². The molecular weight excluding hydrogens is 312 g/mol. The van der Waals surface area contributed by atoms with Gasteiger partial charge in [-0.25, -0.2) is 0 Å². The summed E-state index contributed by atoms with van der Waals surface area (Å²) in [5, 5.41) is 6.77. The largest absolute Gasteiger partial charge is 0.457 e. The Kier molecular flexibility index (Phi) is 4.84. The van der Waals surface area contributed by atoms with E-state index in [9.17, 15) is 4.79 Å². The zero-order chi connectivity index (χ0) is 16.2. The molecule has 0 radical (unpaired) electrons. The number of amides is 1. The highest BCUT2D eigenvalue weighted by atomic mass is 35.5. The van der Waals surface area contributed by atoms with E-state index in [1.54, 1.807) is 12.1 Å². The summed E-state index contributed by atoms with van der Waals surface area (Å²) in [5.74, 6) is 1.88. The average molecular weight is 331 g/mol. The zero-order valence-corrected chi connectivity index (χ0v) is 13.6. The highest BCUT2D eigenvalue weighted by molar-refractivity contribution is 6.30. The molecule has 120 valence electrons. The van der Waals surface area contributed by atoms with Crippen LogP contribution in [0.3, 0.4) is 0 Å². The second-order valence-corrected chi connectivity index (χ2v) is 6.22. The normalized spacial score (nSPS) is 15.6. The molecule has 0 bridgehead atoms. The van der Waals surface area contributed by atoms with Gasteiger partial charge in [0.2, 0.25) is 5.91 Å². The van der Waals surface area contributed by atoms with E-state index in [-0.39, 0.29) is 11.8 Å². The number of benzene rings is 2. The third-order valence-corrected chi connectivity index (χ3v) is 4.32. The van der Waals surface area contributed by atoms with Gasteiger partial charge in [-0.2, -0.15) is 0 Å². The summed E-state index contributed by atoms with van der Waals surface area (Å²) in [6, 6.07) is 14.6. The number of ether oxygens (including phenoxy) is 1. The molecule has 1 amide bonds. The third kappa shape index (κ3) is 4.03. The average Bonchev–Trinajstić information content (AvgIpc) is 2.47. The lowest BCUT2D eigenvalue weighted by Crippen LogP contribution is -2.48. The van der Waals surface area contributed by atoms with Gasteiger partial charge in [0.15, 0.2) is 0 Å². The van der Waals surface area contributed by atoms with Crippen LogP contribution in [0, 0.1) is 11.8 Å². The van der Waals surface area contributed by atoms with E-state index in [0.717, 1.165) is 18.8 Å². The number of anilines is 1. The van der Waals surface area contributed by atoms with Crippen LogP contribution in [-0.4, -0.2) is 19.0 Å². The molecule has 2 aromatic rings. The molecule has 1 fully saturated rings. The lowest BCUT2D eigenvalue weighted by atomic mass is 9.88. The van der Waals surface area contributed by atoms with Crippen molar-refractivity contribution in [1.29, 1.82) is 0 Å². The Labute approximate surface area is 140 Å². The van der Waals surface area contributed by atoms with Crippen LogP contribution in [-0.2, 0) is 4.79 Å². The molecule has 2 aromatic carbocycles. The minimum absolute atomic E-state index is 0.0126. The number of nitrogens with one attached hydrogen (secondary N) is 2. The first-order valence-electron chi connectivity index (χ1n) is 7.67. The quantitative estimate of drug-likeness (QED) is 0.873.